The first-order valence-electron chi connectivity index (χ1n) is 7.08. The zero-order chi connectivity index (χ0) is 15.5. The molecule has 2 heterocycles. The van der Waals surface area contributed by atoms with E-state index in [-0.39, 0.29) is 5.91 Å². The summed E-state index contributed by atoms with van der Waals surface area (Å²) in [6, 6.07) is 7.21. The molecule has 3 rings (SSSR count). The standard InChI is InChI=1S/C17H16N2O3/c1-22-16-5-4-13-10-19(8-6-14(13)15(16)11-20)17(21)12-3-2-7-18-9-12/h2-5,7,9,11H,6,8,10H2,1H3. The smallest absolute Gasteiger partial charge is 0.255 e. The Morgan fingerprint density at radius 2 is 2.23 bits per heavy atom. The highest BCUT2D eigenvalue weighted by Gasteiger charge is 2.24. The van der Waals surface area contributed by atoms with Gasteiger partial charge in [0.05, 0.1) is 18.2 Å². The van der Waals surface area contributed by atoms with Crippen molar-refractivity contribution >= 4 is 12.2 Å². The first kappa shape index (κ1) is 14.3. The molecule has 0 N–H and O–H groups in total. The second-order valence-corrected chi connectivity index (χ2v) is 5.16. The number of amides is 1. The summed E-state index contributed by atoms with van der Waals surface area (Å²) in [7, 11) is 1.55. The van der Waals surface area contributed by atoms with Crippen molar-refractivity contribution in [1.29, 1.82) is 0 Å². The van der Waals surface area contributed by atoms with Gasteiger partial charge < -0.3 is 9.64 Å². The Kier molecular flexibility index (Phi) is 3.87. The highest BCUT2D eigenvalue weighted by molar-refractivity contribution is 5.94. The van der Waals surface area contributed by atoms with Crippen molar-refractivity contribution in [3.63, 3.8) is 0 Å². The molecule has 0 aliphatic carbocycles. The summed E-state index contributed by atoms with van der Waals surface area (Å²) in [6.45, 7) is 1.07. The number of pyridine rings is 1. The lowest BCUT2D eigenvalue weighted by Crippen LogP contribution is -2.36. The molecule has 0 saturated carbocycles. The van der Waals surface area contributed by atoms with E-state index in [9.17, 15) is 9.59 Å². The third kappa shape index (κ3) is 2.45. The fourth-order valence-corrected chi connectivity index (χ4v) is 2.82. The Hall–Kier alpha value is -2.69. The van der Waals surface area contributed by atoms with Crippen LogP contribution in [0.4, 0.5) is 0 Å². The van der Waals surface area contributed by atoms with E-state index in [1.807, 2.05) is 6.07 Å². The van der Waals surface area contributed by atoms with Crippen molar-refractivity contribution in [2.75, 3.05) is 13.7 Å². The molecular formula is C17H16N2O3. The lowest BCUT2D eigenvalue weighted by atomic mass is 9.94. The van der Waals surface area contributed by atoms with Crippen molar-refractivity contribution in [1.82, 2.24) is 9.88 Å². The van der Waals surface area contributed by atoms with Gasteiger partial charge in [0.2, 0.25) is 0 Å². The zero-order valence-corrected chi connectivity index (χ0v) is 12.3. The summed E-state index contributed by atoms with van der Waals surface area (Å²) in [6.07, 6.45) is 4.69. The first-order chi connectivity index (χ1) is 10.7. The zero-order valence-electron chi connectivity index (χ0n) is 12.3. The predicted molar refractivity (Wildman–Crippen MR) is 81.1 cm³/mol. The van der Waals surface area contributed by atoms with Crippen LogP contribution < -0.4 is 4.74 Å². The molecule has 1 aromatic carbocycles. The van der Waals surface area contributed by atoms with E-state index in [1.165, 1.54) is 0 Å². The number of hydrogen-bond acceptors (Lipinski definition) is 4. The maximum atomic E-state index is 12.5. The number of hydrogen-bond donors (Lipinski definition) is 0. The maximum Gasteiger partial charge on any atom is 0.255 e. The lowest BCUT2D eigenvalue weighted by Gasteiger charge is -2.30. The van der Waals surface area contributed by atoms with Crippen LogP contribution in [0.3, 0.4) is 0 Å². The van der Waals surface area contributed by atoms with Gasteiger partial charge in [-0.1, -0.05) is 6.07 Å². The summed E-state index contributed by atoms with van der Waals surface area (Å²) >= 11 is 0. The van der Waals surface area contributed by atoms with Gasteiger partial charge >= 0.3 is 0 Å². The minimum atomic E-state index is -0.0396. The second-order valence-electron chi connectivity index (χ2n) is 5.16. The van der Waals surface area contributed by atoms with Crippen molar-refractivity contribution in [3.05, 3.63) is 58.9 Å². The molecule has 5 nitrogen and oxygen atoms in total. The van der Waals surface area contributed by atoms with Crippen LogP contribution in [0.5, 0.6) is 5.75 Å². The number of fused-ring (bicyclic) bond motifs is 1. The van der Waals surface area contributed by atoms with Crippen LogP contribution in [-0.2, 0) is 13.0 Å². The van der Waals surface area contributed by atoms with E-state index in [2.05, 4.69) is 4.98 Å². The number of carbonyl (C=O) groups excluding carboxylic acids is 2. The molecule has 0 fully saturated rings. The fraction of sp³-hybridized carbons (Fsp3) is 0.235. The lowest BCUT2D eigenvalue weighted by molar-refractivity contribution is 0.0734. The van der Waals surface area contributed by atoms with Crippen molar-refractivity contribution in [2.24, 2.45) is 0 Å². The number of methoxy groups -OCH3 is 1. The van der Waals surface area contributed by atoms with Gasteiger partial charge in [0.1, 0.15) is 5.75 Å². The molecule has 5 heteroatoms. The van der Waals surface area contributed by atoms with Gasteiger partial charge in [-0.05, 0) is 35.7 Å². The average molecular weight is 296 g/mol. The van der Waals surface area contributed by atoms with Gasteiger partial charge in [0, 0.05) is 25.5 Å². The number of benzene rings is 1. The first-order valence-corrected chi connectivity index (χ1v) is 7.08. The highest BCUT2D eigenvalue weighted by atomic mass is 16.5. The van der Waals surface area contributed by atoms with E-state index >= 15 is 0 Å². The Morgan fingerprint density at radius 1 is 1.36 bits per heavy atom. The molecule has 0 radical (unpaired) electrons. The maximum absolute atomic E-state index is 12.5. The van der Waals surface area contributed by atoms with Crippen LogP contribution >= 0.6 is 0 Å². The largest absolute Gasteiger partial charge is 0.496 e. The molecule has 0 bridgehead atoms. The molecule has 0 spiro atoms. The van der Waals surface area contributed by atoms with Crippen LogP contribution in [0.2, 0.25) is 0 Å². The number of aromatic nitrogens is 1. The van der Waals surface area contributed by atoms with Gasteiger partial charge in [-0.3, -0.25) is 14.6 Å². The summed E-state index contributed by atoms with van der Waals surface area (Å²) in [5.74, 6) is 0.544. The Labute approximate surface area is 128 Å². The number of carbonyl (C=O) groups is 2. The number of ether oxygens (including phenoxy) is 1. The average Bonchev–Trinajstić information content (AvgIpc) is 2.60. The molecule has 1 aliphatic rings. The van der Waals surface area contributed by atoms with E-state index in [1.54, 1.807) is 42.6 Å². The van der Waals surface area contributed by atoms with Crippen molar-refractivity contribution < 1.29 is 14.3 Å². The molecular weight excluding hydrogens is 280 g/mol. The summed E-state index contributed by atoms with van der Waals surface area (Å²) in [5, 5.41) is 0. The van der Waals surface area contributed by atoms with Crippen LogP contribution in [0.15, 0.2) is 36.7 Å². The Balaban J connectivity index is 1.89. The number of rotatable bonds is 3. The summed E-state index contributed by atoms with van der Waals surface area (Å²) in [5.41, 5.74) is 3.14. The fourth-order valence-electron chi connectivity index (χ4n) is 2.82. The van der Waals surface area contributed by atoms with Crippen molar-refractivity contribution in [2.45, 2.75) is 13.0 Å². The molecule has 1 amide bonds. The van der Waals surface area contributed by atoms with Crippen LogP contribution in [0, 0.1) is 0 Å². The van der Waals surface area contributed by atoms with E-state index in [0.29, 0.717) is 36.4 Å². The Morgan fingerprint density at radius 3 is 2.91 bits per heavy atom. The topological polar surface area (TPSA) is 59.5 Å². The molecule has 2 aromatic rings. The van der Waals surface area contributed by atoms with Crippen LogP contribution in [0.25, 0.3) is 0 Å². The van der Waals surface area contributed by atoms with Gasteiger partial charge in [-0.15, -0.1) is 0 Å². The molecule has 1 aliphatic heterocycles. The minimum absolute atomic E-state index is 0.0396. The third-order valence-electron chi connectivity index (χ3n) is 3.94. The highest BCUT2D eigenvalue weighted by Crippen LogP contribution is 2.29. The normalized spacial score (nSPS) is 13.4. The predicted octanol–water partition coefficient (Wildman–Crippen LogP) is 2.10. The number of aldehydes is 1. The molecule has 0 saturated heterocycles. The monoisotopic (exact) mass is 296 g/mol. The molecule has 0 unspecified atom stereocenters. The van der Waals surface area contributed by atoms with Gasteiger partial charge in [-0.25, -0.2) is 0 Å². The van der Waals surface area contributed by atoms with Crippen LogP contribution in [-0.4, -0.2) is 35.7 Å². The number of nitrogens with zero attached hydrogens (tertiary/aromatic N) is 2. The van der Waals surface area contributed by atoms with Crippen molar-refractivity contribution in [3.8, 4) is 5.75 Å². The van der Waals surface area contributed by atoms with Gasteiger partial charge in [0.15, 0.2) is 6.29 Å². The van der Waals surface area contributed by atoms with E-state index in [0.717, 1.165) is 17.4 Å². The third-order valence-corrected chi connectivity index (χ3v) is 3.94. The molecule has 0 atom stereocenters. The quantitative estimate of drug-likeness (QED) is 0.814. The Bertz CT molecular complexity index is 713. The molecule has 1 aromatic heterocycles. The van der Waals surface area contributed by atoms with Gasteiger partial charge in [-0.2, -0.15) is 0 Å². The molecule has 112 valence electrons. The second kappa shape index (κ2) is 5.97. The SMILES string of the molecule is COc1ccc2c(c1C=O)CCN(C(=O)c1cccnc1)C2. The van der Waals surface area contributed by atoms with Gasteiger partial charge in [0.25, 0.3) is 5.91 Å². The van der Waals surface area contributed by atoms with E-state index < -0.39 is 0 Å². The summed E-state index contributed by atoms with van der Waals surface area (Å²) in [4.78, 5) is 29.6. The van der Waals surface area contributed by atoms with Crippen LogP contribution in [0.1, 0.15) is 31.8 Å². The molecule has 22 heavy (non-hydrogen) atoms. The minimum Gasteiger partial charge on any atom is -0.496 e. The van der Waals surface area contributed by atoms with E-state index in [4.69, 9.17) is 4.74 Å². The summed E-state index contributed by atoms with van der Waals surface area (Å²) < 4.78 is 5.23.